The monoisotopic (exact) mass is 346 g/mol. The van der Waals surface area contributed by atoms with Crippen LogP contribution in [-0.4, -0.2) is 22.1 Å². The van der Waals surface area contributed by atoms with Crippen LogP contribution in [-0.2, 0) is 11.3 Å². The first-order chi connectivity index (χ1) is 11.5. The number of esters is 1. The Morgan fingerprint density at radius 1 is 1.38 bits per heavy atom. The fourth-order valence-corrected chi connectivity index (χ4v) is 3.51. The van der Waals surface area contributed by atoms with Gasteiger partial charge in [-0.15, -0.1) is 11.3 Å². The number of carbonyl (C=O) groups excluding carboxylic acids is 1. The number of aryl methyl sites for hydroxylation is 1. The lowest BCUT2D eigenvalue weighted by Crippen LogP contribution is -2.21. The zero-order valence-corrected chi connectivity index (χ0v) is 14.0. The molecule has 0 spiro atoms. The number of thiophene rings is 1. The molecule has 0 aliphatic carbocycles. The highest BCUT2D eigenvalue weighted by molar-refractivity contribution is 7.20. The Bertz CT molecular complexity index is 978. The fourth-order valence-electron chi connectivity index (χ4n) is 2.47. The molecular formula is C17H15FN2O3S. The normalized spacial score (nSPS) is 11.0. The topological polar surface area (TPSA) is 61.2 Å². The third kappa shape index (κ3) is 2.82. The minimum Gasteiger partial charge on any atom is -0.462 e. The maximum Gasteiger partial charge on any atom is 0.348 e. The van der Waals surface area contributed by atoms with Gasteiger partial charge >= 0.3 is 5.97 Å². The van der Waals surface area contributed by atoms with Gasteiger partial charge in [0.05, 0.1) is 24.9 Å². The van der Waals surface area contributed by atoms with E-state index in [2.05, 4.69) is 4.98 Å². The third-order valence-electron chi connectivity index (χ3n) is 3.68. The number of halogens is 1. The van der Waals surface area contributed by atoms with E-state index in [9.17, 15) is 14.0 Å². The molecule has 124 valence electrons. The standard InChI is InChI=1S/C17H15FN2O3S/c1-3-23-17(22)14-10(2)13-15(24-14)19-9-20(16(13)21)8-11-6-4-5-7-12(11)18/h4-7,9H,3,8H2,1-2H3. The molecule has 0 aliphatic heterocycles. The molecule has 0 N–H and O–H groups in total. The highest BCUT2D eigenvalue weighted by atomic mass is 32.1. The molecule has 0 atom stereocenters. The van der Waals surface area contributed by atoms with E-state index < -0.39 is 5.97 Å². The highest BCUT2D eigenvalue weighted by Gasteiger charge is 2.20. The van der Waals surface area contributed by atoms with Crippen LogP contribution in [0.3, 0.4) is 0 Å². The van der Waals surface area contributed by atoms with Crippen LogP contribution < -0.4 is 5.56 Å². The molecule has 0 saturated heterocycles. The van der Waals surface area contributed by atoms with Crippen molar-refractivity contribution in [2.75, 3.05) is 6.61 Å². The van der Waals surface area contributed by atoms with Gasteiger partial charge in [-0.3, -0.25) is 9.36 Å². The molecule has 0 fully saturated rings. The molecule has 0 aliphatic rings. The zero-order valence-electron chi connectivity index (χ0n) is 13.2. The van der Waals surface area contributed by atoms with Crippen LogP contribution in [0.2, 0.25) is 0 Å². The molecule has 3 aromatic rings. The molecular weight excluding hydrogens is 331 g/mol. The molecule has 0 amide bonds. The summed E-state index contributed by atoms with van der Waals surface area (Å²) in [6, 6.07) is 6.28. The van der Waals surface area contributed by atoms with Crippen LogP contribution in [0.1, 0.15) is 27.7 Å². The smallest absolute Gasteiger partial charge is 0.348 e. The van der Waals surface area contributed by atoms with E-state index in [0.29, 0.717) is 26.2 Å². The fraction of sp³-hybridized carbons (Fsp3) is 0.235. The average molecular weight is 346 g/mol. The number of hydrogen-bond donors (Lipinski definition) is 0. The van der Waals surface area contributed by atoms with Crippen molar-refractivity contribution in [3.8, 4) is 0 Å². The molecule has 5 nitrogen and oxygen atoms in total. The predicted octanol–water partition coefficient (Wildman–Crippen LogP) is 3.13. The summed E-state index contributed by atoms with van der Waals surface area (Å²) in [5.74, 6) is -0.836. The molecule has 0 saturated carbocycles. The van der Waals surface area contributed by atoms with E-state index in [4.69, 9.17) is 4.74 Å². The van der Waals surface area contributed by atoms with Crippen LogP contribution in [0.5, 0.6) is 0 Å². The van der Waals surface area contributed by atoms with Gasteiger partial charge in [-0.05, 0) is 25.5 Å². The molecule has 2 heterocycles. The number of fused-ring (bicyclic) bond motifs is 1. The van der Waals surface area contributed by atoms with Gasteiger partial charge in [0.25, 0.3) is 5.56 Å². The SMILES string of the molecule is CCOC(=O)c1sc2ncn(Cc3ccccc3F)c(=O)c2c1C. The first-order valence-corrected chi connectivity index (χ1v) is 8.23. The first kappa shape index (κ1) is 16.3. The summed E-state index contributed by atoms with van der Waals surface area (Å²) in [6.45, 7) is 3.76. The Morgan fingerprint density at radius 2 is 2.12 bits per heavy atom. The van der Waals surface area contributed by atoms with Crippen molar-refractivity contribution in [1.29, 1.82) is 0 Å². The second-order valence-electron chi connectivity index (χ2n) is 5.23. The van der Waals surface area contributed by atoms with Gasteiger partial charge in [-0.1, -0.05) is 18.2 Å². The van der Waals surface area contributed by atoms with Crippen LogP contribution >= 0.6 is 11.3 Å². The van der Waals surface area contributed by atoms with Gasteiger partial charge in [0, 0.05) is 5.56 Å². The van der Waals surface area contributed by atoms with Crippen molar-refractivity contribution >= 4 is 27.5 Å². The average Bonchev–Trinajstić information content (AvgIpc) is 2.90. The maximum absolute atomic E-state index is 13.8. The molecule has 0 radical (unpaired) electrons. The van der Waals surface area contributed by atoms with Gasteiger partial charge in [0.2, 0.25) is 0 Å². The largest absolute Gasteiger partial charge is 0.462 e. The van der Waals surface area contributed by atoms with Crippen molar-refractivity contribution in [3.05, 3.63) is 62.8 Å². The number of rotatable bonds is 4. The van der Waals surface area contributed by atoms with Crippen molar-refractivity contribution in [2.24, 2.45) is 0 Å². The van der Waals surface area contributed by atoms with Gasteiger partial charge in [-0.2, -0.15) is 0 Å². The van der Waals surface area contributed by atoms with E-state index in [1.807, 2.05) is 0 Å². The van der Waals surface area contributed by atoms with Gasteiger partial charge in [-0.25, -0.2) is 14.2 Å². The summed E-state index contributed by atoms with van der Waals surface area (Å²) in [7, 11) is 0. The van der Waals surface area contributed by atoms with Crippen molar-refractivity contribution in [2.45, 2.75) is 20.4 Å². The minimum atomic E-state index is -0.460. The van der Waals surface area contributed by atoms with E-state index in [0.717, 1.165) is 11.3 Å². The van der Waals surface area contributed by atoms with Crippen LogP contribution in [0.25, 0.3) is 10.2 Å². The van der Waals surface area contributed by atoms with Crippen molar-refractivity contribution in [1.82, 2.24) is 9.55 Å². The lowest BCUT2D eigenvalue weighted by molar-refractivity contribution is 0.0531. The number of hydrogen-bond acceptors (Lipinski definition) is 5. The van der Waals surface area contributed by atoms with Crippen molar-refractivity contribution in [3.63, 3.8) is 0 Å². The van der Waals surface area contributed by atoms with Gasteiger partial charge in [0.1, 0.15) is 15.5 Å². The van der Waals surface area contributed by atoms with E-state index in [1.165, 1.54) is 17.0 Å². The summed E-state index contributed by atoms with van der Waals surface area (Å²) in [5, 5.41) is 0.377. The lowest BCUT2D eigenvalue weighted by Gasteiger charge is -2.06. The predicted molar refractivity (Wildman–Crippen MR) is 90.1 cm³/mol. The summed E-state index contributed by atoms with van der Waals surface area (Å²) >= 11 is 1.13. The molecule has 24 heavy (non-hydrogen) atoms. The maximum atomic E-state index is 13.8. The third-order valence-corrected chi connectivity index (χ3v) is 4.86. The summed E-state index contributed by atoms with van der Waals surface area (Å²) < 4.78 is 20.1. The molecule has 0 bridgehead atoms. The van der Waals surface area contributed by atoms with E-state index >= 15 is 0 Å². The lowest BCUT2D eigenvalue weighted by atomic mass is 10.2. The van der Waals surface area contributed by atoms with Crippen LogP contribution in [0.4, 0.5) is 4.39 Å². The van der Waals surface area contributed by atoms with Gasteiger partial charge < -0.3 is 4.74 Å². The number of nitrogens with zero attached hydrogens (tertiary/aromatic N) is 2. The number of aromatic nitrogens is 2. The Morgan fingerprint density at radius 3 is 2.83 bits per heavy atom. The number of carbonyl (C=O) groups is 1. The van der Waals surface area contributed by atoms with Gasteiger partial charge in [0.15, 0.2) is 0 Å². The van der Waals surface area contributed by atoms with Crippen molar-refractivity contribution < 1.29 is 13.9 Å². The van der Waals surface area contributed by atoms with E-state index in [-0.39, 0.29) is 24.5 Å². The number of ether oxygens (including phenoxy) is 1. The minimum absolute atomic E-state index is 0.0818. The quantitative estimate of drug-likeness (QED) is 0.681. The highest BCUT2D eigenvalue weighted by Crippen LogP contribution is 2.27. The number of benzene rings is 1. The molecule has 1 aromatic carbocycles. The second kappa shape index (κ2) is 6.52. The summed E-state index contributed by atoms with van der Waals surface area (Å²) in [6.07, 6.45) is 1.38. The second-order valence-corrected chi connectivity index (χ2v) is 6.22. The van der Waals surface area contributed by atoms with Crippen LogP contribution in [0, 0.1) is 12.7 Å². The summed E-state index contributed by atoms with van der Waals surface area (Å²) in [5.41, 5.74) is 0.653. The molecule has 3 rings (SSSR count). The molecule has 2 aromatic heterocycles. The molecule has 7 heteroatoms. The zero-order chi connectivity index (χ0) is 17.3. The Hall–Kier alpha value is -2.54. The first-order valence-electron chi connectivity index (χ1n) is 7.42. The van der Waals surface area contributed by atoms with Crippen LogP contribution in [0.15, 0.2) is 35.4 Å². The summed E-state index contributed by atoms with van der Waals surface area (Å²) in [4.78, 5) is 29.8. The Kier molecular flexibility index (Phi) is 4.44. The Labute approximate surface area is 141 Å². The molecule has 0 unspecified atom stereocenters. The Balaban J connectivity index is 2.08. The van der Waals surface area contributed by atoms with E-state index in [1.54, 1.807) is 32.0 Å².